The minimum Gasteiger partial charge on any atom is -0.469 e. The van der Waals surface area contributed by atoms with E-state index < -0.39 is 6.61 Å². The predicted octanol–water partition coefficient (Wildman–Crippen LogP) is 4.19. The highest BCUT2D eigenvalue weighted by Crippen LogP contribution is 2.20. The molecule has 144 valence electrons. The third kappa shape index (κ3) is 8.03. The number of alkyl halides is 2. The molecule has 0 unspecified atom stereocenters. The van der Waals surface area contributed by atoms with Crippen molar-refractivity contribution in [1.82, 2.24) is 10.6 Å². The third-order valence-electron chi connectivity index (χ3n) is 3.38. The number of aliphatic imine (C=N–C) groups is 1. The van der Waals surface area contributed by atoms with Crippen LogP contribution in [-0.2, 0) is 13.0 Å². The van der Waals surface area contributed by atoms with E-state index in [-0.39, 0.29) is 36.3 Å². The Morgan fingerprint density at radius 3 is 2.62 bits per heavy atom. The van der Waals surface area contributed by atoms with Gasteiger partial charge in [-0.15, -0.1) is 24.0 Å². The molecule has 0 aliphatic carbocycles. The molecule has 0 spiro atoms. The molecule has 0 amide bonds. The number of halogens is 3. The van der Waals surface area contributed by atoms with E-state index in [1.165, 1.54) is 6.07 Å². The van der Waals surface area contributed by atoms with Crippen LogP contribution in [0.15, 0.2) is 52.1 Å². The summed E-state index contributed by atoms with van der Waals surface area (Å²) in [5, 5.41) is 6.41. The standard InChI is InChI=1S/C18H23F2N3O2.HI/c1-2-10-21-18(22-11-9-15-7-5-12-24-15)23-13-14-6-3-4-8-16(14)25-17(19)20;/h3-8,12,17H,2,9-11,13H2,1H3,(H2,21,22,23);1H. The number of rotatable bonds is 9. The summed E-state index contributed by atoms with van der Waals surface area (Å²) in [6.07, 6.45) is 3.31. The van der Waals surface area contributed by atoms with Crippen LogP contribution in [-0.4, -0.2) is 25.7 Å². The van der Waals surface area contributed by atoms with E-state index in [1.807, 2.05) is 12.1 Å². The van der Waals surface area contributed by atoms with Gasteiger partial charge in [0.2, 0.25) is 0 Å². The molecule has 2 aromatic rings. The van der Waals surface area contributed by atoms with E-state index in [9.17, 15) is 8.78 Å². The number of ether oxygens (including phenoxy) is 1. The molecule has 0 saturated heterocycles. The van der Waals surface area contributed by atoms with Gasteiger partial charge in [-0.05, 0) is 24.6 Å². The molecule has 26 heavy (non-hydrogen) atoms. The second-order valence-corrected chi connectivity index (χ2v) is 5.33. The second-order valence-electron chi connectivity index (χ2n) is 5.33. The minimum atomic E-state index is -2.85. The van der Waals surface area contributed by atoms with Crippen molar-refractivity contribution in [1.29, 1.82) is 0 Å². The molecule has 0 bridgehead atoms. The van der Waals surface area contributed by atoms with Gasteiger partial charge in [-0.1, -0.05) is 25.1 Å². The molecule has 0 aliphatic heterocycles. The fraction of sp³-hybridized carbons (Fsp3) is 0.389. The van der Waals surface area contributed by atoms with Crippen molar-refractivity contribution in [3.63, 3.8) is 0 Å². The lowest BCUT2D eigenvalue weighted by molar-refractivity contribution is -0.0504. The van der Waals surface area contributed by atoms with Gasteiger partial charge in [-0.2, -0.15) is 8.78 Å². The molecule has 0 fully saturated rings. The van der Waals surface area contributed by atoms with Crippen LogP contribution >= 0.6 is 24.0 Å². The Morgan fingerprint density at radius 1 is 1.15 bits per heavy atom. The molecule has 5 nitrogen and oxygen atoms in total. The molecule has 0 atom stereocenters. The van der Waals surface area contributed by atoms with Crippen LogP contribution in [0, 0.1) is 0 Å². The molecule has 1 aromatic heterocycles. The molecular formula is C18H24F2IN3O2. The fourth-order valence-corrected chi connectivity index (χ4v) is 2.19. The molecule has 1 aromatic carbocycles. The number of hydrogen-bond acceptors (Lipinski definition) is 3. The summed E-state index contributed by atoms with van der Waals surface area (Å²) in [4.78, 5) is 4.46. The number of guanidine groups is 1. The van der Waals surface area contributed by atoms with E-state index in [4.69, 9.17) is 4.42 Å². The van der Waals surface area contributed by atoms with Crippen LogP contribution in [0.1, 0.15) is 24.7 Å². The van der Waals surface area contributed by atoms with Crippen LogP contribution in [0.3, 0.4) is 0 Å². The van der Waals surface area contributed by atoms with Gasteiger partial charge in [-0.25, -0.2) is 4.99 Å². The first-order chi connectivity index (χ1) is 12.2. The molecular weight excluding hydrogens is 455 g/mol. The lowest BCUT2D eigenvalue weighted by atomic mass is 10.2. The van der Waals surface area contributed by atoms with E-state index >= 15 is 0 Å². The average molecular weight is 479 g/mol. The molecule has 2 N–H and O–H groups in total. The van der Waals surface area contributed by atoms with Gasteiger partial charge in [0.05, 0.1) is 12.8 Å². The maximum absolute atomic E-state index is 12.5. The predicted molar refractivity (Wildman–Crippen MR) is 108 cm³/mol. The number of para-hydroxylation sites is 1. The third-order valence-corrected chi connectivity index (χ3v) is 3.38. The summed E-state index contributed by atoms with van der Waals surface area (Å²) < 4.78 is 34.8. The van der Waals surface area contributed by atoms with Crippen molar-refractivity contribution in [2.24, 2.45) is 4.99 Å². The lowest BCUT2D eigenvalue weighted by Gasteiger charge is -2.13. The monoisotopic (exact) mass is 479 g/mol. The lowest BCUT2D eigenvalue weighted by Crippen LogP contribution is -2.38. The van der Waals surface area contributed by atoms with E-state index in [0.29, 0.717) is 18.1 Å². The Kier molecular flexibility index (Phi) is 10.7. The Hall–Kier alpha value is -1.84. The van der Waals surface area contributed by atoms with E-state index in [0.717, 1.165) is 25.1 Å². The van der Waals surface area contributed by atoms with Crippen LogP contribution in [0.5, 0.6) is 5.75 Å². The van der Waals surface area contributed by atoms with Gasteiger partial charge < -0.3 is 19.8 Å². The second kappa shape index (κ2) is 12.5. The van der Waals surface area contributed by atoms with E-state index in [1.54, 1.807) is 24.5 Å². The maximum Gasteiger partial charge on any atom is 0.387 e. The van der Waals surface area contributed by atoms with Crippen molar-refractivity contribution in [2.75, 3.05) is 13.1 Å². The maximum atomic E-state index is 12.5. The van der Waals surface area contributed by atoms with E-state index in [2.05, 4.69) is 27.3 Å². The number of benzene rings is 1. The summed E-state index contributed by atoms with van der Waals surface area (Å²) in [6, 6.07) is 10.4. The van der Waals surface area contributed by atoms with Gasteiger partial charge in [-0.3, -0.25) is 0 Å². The normalized spacial score (nSPS) is 11.2. The van der Waals surface area contributed by atoms with Crippen molar-refractivity contribution in [3.05, 3.63) is 54.0 Å². The number of hydrogen-bond donors (Lipinski definition) is 2. The highest BCUT2D eigenvalue weighted by Gasteiger charge is 2.09. The SMILES string of the molecule is CCCNC(=NCc1ccccc1OC(F)F)NCCc1ccco1.I. The van der Waals surface area contributed by atoms with Crippen LogP contribution in [0.2, 0.25) is 0 Å². The minimum absolute atomic E-state index is 0. The van der Waals surface area contributed by atoms with Gasteiger partial charge >= 0.3 is 6.61 Å². The van der Waals surface area contributed by atoms with Crippen LogP contribution in [0.25, 0.3) is 0 Å². The van der Waals surface area contributed by atoms with Gasteiger partial charge in [0, 0.05) is 25.1 Å². The molecule has 0 saturated carbocycles. The van der Waals surface area contributed by atoms with Gasteiger partial charge in [0.25, 0.3) is 0 Å². The first-order valence-corrected chi connectivity index (χ1v) is 8.26. The Labute approximate surface area is 169 Å². The highest BCUT2D eigenvalue weighted by molar-refractivity contribution is 14.0. The van der Waals surface area contributed by atoms with Gasteiger partial charge in [0.15, 0.2) is 5.96 Å². The summed E-state index contributed by atoms with van der Waals surface area (Å²) in [5.74, 6) is 1.66. The number of furan rings is 1. The molecule has 1 heterocycles. The quantitative estimate of drug-likeness (QED) is 0.322. The van der Waals surface area contributed by atoms with Crippen molar-refractivity contribution >= 4 is 29.9 Å². The zero-order valence-electron chi connectivity index (χ0n) is 14.6. The fourth-order valence-electron chi connectivity index (χ4n) is 2.19. The summed E-state index contributed by atoms with van der Waals surface area (Å²) in [6.45, 7) is 0.858. The van der Waals surface area contributed by atoms with Crippen LogP contribution < -0.4 is 15.4 Å². The van der Waals surface area contributed by atoms with Crippen LogP contribution in [0.4, 0.5) is 8.78 Å². The largest absolute Gasteiger partial charge is 0.469 e. The van der Waals surface area contributed by atoms with Crippen molar-refractivity contribution in [3.8, 4) is 5.75 Å². The first-order valence-electron chi connectivity index (χ1n) is 8.26. The Morgan fingerprint density at radius 2 is 1.92 bits per heavy atom. The smallest absolute Gasteiger partial charge is 0.387 e. The first kappa shape index (κ1) is 22.2. The Balaban J connectivity index is 0.00000338. The number of nitrogens with zero attached hydrogens (tertiary/aromatic N) is 1. The zero-order chi connectivity index (χ0) is 17.9. The Bertz CT molecular complexity index is 652. The summed E-state index contributed by atoms with van der Waals surface area (Å²) in [5.41, 5.74) is 0.603. The molecule has 2 rings (SSSR count). The summed E-state index contributed by atoms with van der Waals surface area (Å²) in [7, 11) is 0. The average Bonchev–Trinajstić information content (AvgIpc) is 3.11. The summed E-state index contributed by atoms with van der Waals surface area (Å²) >= 11 is 0. The molecule has 0 aliphatic rings. The topological polar surface area (TPSA) is 58.8 Å². The highest BCUT2D eigenvalue weighted by atomic mass is 127. The zero-order valence-corrected chi connectivity index (χ0v) is 16.9. The molecule has 0 radical (unpaired) electrons. The number of nitrogens with one attached hydrogen (secondary N) is 2. The van der Waals surface area contributed by atoms with Crippen molar-refractivity contribution < 1.29 is 17.9 Å². The van der Waals surface area contributed by atoms with Gasteiger partial charge in [0.1, 0.15) is 11.5 Å². The molecule has 8 heteroatoms. The van der Waals surface area contributed by atoms with Crippen molar-refractivity contribution in [2.45, 2.75) is 32.9 Å².